The van der Waals surface area contributed by atoms with Crippen molar-refractivity contribution in [3.63, 3.8) is 0 Å². The third-order valence-electron chi connectivity index (χ3n) is 3.33. The van der Waals surface area contributed by atoms with Crippen LogP contribution in [-0.4, -0.2) is 30.1 Å². The predicted octanol–water partition coefficient (Wildman–Crippen LogP) is 4.05. The summed E-state index contributed by atoms with van der Waals surface area (Å²) in [6.07, 6.45) is 1.41. The Morgan fingerprint density at radius 1 is 1.13 bits per heavy atom. The highest BCUT2D eigenvalue weighted by Gasteiger charge is 2.28. The van der Waals surface area contributed by atoms with Gasteiger partial charge in [0, 0.05) is 0 Å². The Morgan fingerprint density at radius 3 is 2.39 bits per heavy atom. The highest BCUT2D eigenvalue weighted by molar-refractivity contribution is 7.13. The number of H-pyrrole nitrogens is 1. The van der Waals surface area contributed by atoms with E-state index in [-0.39, 0.29) is 13.2 Å². The molecule has 0 aliphatic heterocycles. The topological polar surface area (TPSA) is 68.4 Å². The number of thiophene rings is 1. The molecule has 0 radical (unpaired) electrons. The quantitative estimate of drug-likeness (QED) is 0.775. The van der Waals surface area contributed by atoms with E-state index in [0.717, 1.165) is 11.3 Å². The number of carbonyl (C=O) groups is 2. The maximum atomic E-state index is 12.5. The number of hydrogen-bond donors (Lipinski definition) is 1. The molecular formula is C17H21NO4S. The van der Waals surface area contributed by atoms with Crippen molar-refractivity contribution in [3.05, 3.63) is 34.3 Å². The van der Waals surface area contributed by atoms with Gasteiger partial charge in [-0.2, -0.15) is 0 Å². The van der Waals surface area contributed by atoms with Crippen molar-refractivity contribution in [1.82, 2.24) is 4.98 Å². The Labute approximate surface area is 139 Å². The molecule has 0 unspecified atom stereocenters. The van der Waals surface area contributed by atoms with E-state index in [4.69, 9.17) is 9.47 Å². The van der Waals surface area contributed by atoms with E-state index >= 15 is 0 Å². The Balaban J connectivity index is 2.62. The lowest BCUT2D eigenvalue weighted by atomic mass is 10.0. The zero-order valence-electron chi connectivity index (χ0n) is 13.6. The normalized spacial score (nSPS) is 10.6. The number of esters is 2. The van der Waals surface area contributed by atoms with Crippen LogP contribution < -0.4 is 0 Å². The molecule has 0 saturated carbocycles. The SMILES string of the molecule is CCCc1c(C(=O)OCC)[nH]c(-c2cccs2)c1C(=O)OCC. The summed E-state index contributed by atoms with van der Waals surface area (Å²) in [6, 6.07) is 3.81. The summed E-state index contributed by atoms with van der Waals surface area (Å²) in [6.45, 7) is 6.09. The standard InChI is InChI=1S/C17H21NO4S/c1-4-8-11-13(16(19)21-5-2)15(12-9-7-10-23-12)18-14(11)17(20)22-6-3/h7,9-10,18H,4-6,8H2,1-3H3. The third kappa shape index (κ3) is 3.64. The molecule has 0 aliphatic carbocycles. The van der Waals surface area contributed by atoms with Crippen LogP contribution in [0.15, 0.2) is 17.5 Å². The molecule has 0 aliphatic rings. The van der Waals surface area contributed by atoms with Gasteiger partial charge < -0.3 is 14.5 Å². The van der Waals surface area contributed by atoms with E-state index in [9.17, 15) is 9.59 Å². The molecule has 0 atom stereocenters. The van der Waals surface area contributed by atoms with Crippen LogP contribution in [0.3, 0.4) is 0 Å². The summed E-state index contributed by atoms with van der Waals surface area (Å²) in [5, 5.41) is 1.93. The van der Waals surface area contributed by atoms with Gasteiger partial charge in [0.1, 0.15) is 5.69 Å². The molecule has 23 heavy (non-hydrogen) atoms. The number of aromatic nitrogens is 1. The molecule has 0 saturated heterocycles. The molecular weight excluding hydrogens is 314 g/mol. The molecule has 124 valence electrons. The summed E-state index contributed by atoms with van der Waals surface area (Å²) in [7, 11) is 0. The van der Waals surface area contributed by atoms with Crippen molar-refractivity contribution in [2.24, 2.45) is 0 Å². The molecule has 2 aromatic heterocycles. The van der Waals surface area contributed by atoms with Gasteiger partial charge in [-0.3, -0.25) is 0 Å². The van der Waals surface area contributed by atoms with Crippen molar-refractivity contribution < 1.29 is 19.1 Å². The van der Waals surface area contributed by atoms with Gasteiger partial charge in [-0.1, -0.05) is 19.4 Å². The molecule has 0 aromatic carbocycles. The van der Waals surface area contributed by atoms with Crippen LogP contribution in [0, 0.1) is 0 Å². The highest BCUT2D eigenvalue weighted by Crippen LogP contribution is 2.33. The minimum atomic E-state index is -0.440. The maximum Gasteiger partial charge on any atom is 0.355 e. The second-order valence-corrected chi connectivity index (χ2v) is 5.84. The van der Waals surface area contributed by atoms with E-state index < -0.39 is 11.9 Å². The predicted molar refractivity (Wildman–Crippen MR) is 90.0 cm³/mol. The Kier molecular flexibility index (Phi) is 5.98. The fraction of sp³-hybridized carbons (Fsp3) is 0.412. The van der Waals surface area contributed by atoms with Crippen LogP contribution in [-0.2, 0) is 15.9 Å². The van der Waals surface area contributed by atoms with E-state index in [2.05, 4.69) is 4.98 Å². The minimum Gasteiger partial charge on any atom is -0.462 e. The summed E-state index contributed by atoms with van der Waals surface area (Å²) in [5.74, 6) is -0.851. The number of nitrogens with one attached hydrogen (secondary N) is 1. The van der Waals surface area contributed by atoms with Gasteiger partial charge in [-0.15, -0.1) is 11.3 Å². The van der Waals surface area contributed by atoms with Crippen molar-refractivity contribution in [1.29, 1.82) is 0 Å². The van der Waals surface area contributed by atoms with Gasteiger partial charge in [0.05, 0.1) is 29.3 Å². The van der Waals surface area contributed by atoms with Gasteiger partial charge in [0.2, 0.25) is 0 Å². The first-order valence-corrected chi connectivity index (χ1v) is 8.64. The van der Waals surface area contributed by atoms with Crippen LogP contribution in [0.1, 0.15) is 53.6 Å². The Bertz CT molecular complexity index is 673. The van der Waals surface area contributed by atoms with E-state index in [1.807, 2.05) is 24.4 Å². The second kappa shape index (κ2) is 7.97. The van der Waals surface area contributed by atoms with Crippen LogP contribution in [0.5, 0.6) is 0 Å². The van der Waals surface area contributed by atoms with Crippen molar-refractivity contribution >= 4 is 23.3 Å². The number of aromatic amines is 1. The van der Waals surface area contributed by atoms with Crippen LogP contribution in [0.4, 0.5) is 0 Å². The van der Waals surface area contributed by atoms with Crippen molar-refractivity contribution in [2.45, 2.75) is 33.6 Å². The smallest absolute Gasteiger partial charge is 0.355 e. The lowest BCUT2D eigenvalue weighted by Gasteiger charge is -2.06. The third-order valence-corrected chi connectivity index (χ3v) is 4.22. The summed E-state index contributed by atoms with van der Waals surface area (Å²) in [4.78, 5) is 28.7. The first-order chi connectivity index (χ1) is 11.1. The lowest BCUT2D eigenvalue weighted by Crippen LogP contribution is -2.11. The molecule has 2 heterocycles. The Hall–Kier alpha value is -2.08. The van der Waals surface area contributed by atoms with Crippen LogP contribution in [0.25, 0.3) is 10.6 Å². The molecule has 6 heteroatoms. The molecule has 2 rings (SSSR count). The fourth-order valence-electron chi connectivity index (χ4n) is 2.45. The van der Waals surface area contributed by atoms with Crippen molar-refractivity contribution in [2.75, 3.05) is 13.2 Å². The van der Waals surface area contributed by atoms with Crippen molar-refractivity contribution in [3.8, 4) is 10.6 Å². The summed E-state index contributed by atoms with van der Waals surface area (Å²) in [5.41, 5.74) is 2.09. The monoisotopic (exact) mass is 335 g/mol. The molecule has 0 fully saturated rings. The largest absolute Gasteiger partial charge is 0.462 e. The fourth-order valence-corrected chi connectivity index (χ4v) is 3.18. The molecule has 5 nitrogen and oxygen atoms in total. The average molecular weight is 335 g/mol. The van der Waals surface area contributed by atoms with Crippen LogP contribution in [0.2, 0.25) is 0 Å². The highest BCUT2D eigenvalue weighted by atomic mass is 32.1. The van der Waals surface area contributed by atoms with E-state index in [1.54, 1.807) is 13.8 Å². The molecule has 1 N–H and O–H groups in total. The lowest BCUT2D eigenvalue weighted by molar-refractivity contribution is 0.0518. The number of hydrogen-bond acceptors (Lipinski definition) is 5. The molecule has 0 bridgehead atoms. The van der Waals surface area contributed by atoms with E-state index in [0.29, 0.717) is 28.9 Å². The minimum absolute atomic E-state index is 0.284. The molecule has 0 spiro atoms. The number of ether oxygens (including phenoxy) is 2. The van der Waals surface area contributed by atoms with Gasteiger partial charge in [-0.05, 0) is 37.3 Å². The molecule has 0 amide bonds. The number of carbonyl (C=O) groups excluding carboxylic acids is 2. The van der Waals surface area contributed by atoms with Gasteiger partial charge in [0.15, 0.2) is 0 Å². The summed E-state index contributed by atoms with van der Waals surface area (Å²) >= 11 is 1.50. The first-order valence-electron chi connectivity index (χ1n) is 7.76. The average Bonchev–Trinajstić information content (AvgIpc) is 3.15. The first kappa shape index (κ1) is 17.3. The van der Waals surface area contributed by atoms with Gasteiger partial charge >= 0.3 is 11.9 Å². The van der Waals surface area contributed by atoms with E-state index in [1.165, 1.54) is 11.3 Å². The zero-order chi connectivity index (χ0) is 16.8. The Morgan fingerprint density at radius 2 is 1.83 bits per heavy atom. The van der Waals surface area contributed by atoms with Gasteiger partial charge in [0.25, 0.3) is 0 Å². The summed E-state index contributed by atoms with van der Waals surface area (Å²) < 4.78 is 10.3. The second-order valence-electron chi connectivity index (χ2n) is 4.90. The van der Waals surface area contributed by atoms with Crippen LogP contribution >= 0.6 is 11.3 Å². The number of rotatable bonds is 7. The van der Waals surface area contributed by atoms with Gasteiger partial charge in [-0.25, -0.2) is 9.59 Å². The zero-order valence-corrected chi connectivity index (χ0v) is 14.4. The molecule has 2 aromatic rings. The maximum absolute atomic E-state index is 12.5.